The molecule has 186 valence electrons. The minimum absolute atomic E-state index is 0.219. The molecule has 1 saturated heterocycles. The van der Waals surface area contributed by atoms with Crippen LogP contribution in [0, 0.1) is 3.57 Å². The molecule has 4 rings (SSSR count). The van der Waals surface area contributed by atoms with Crippen LogP contribution in [0.15, 0.2) is 64.0 Å². The van der Waals surface area contributed by atoms with E-state index in [1.165, 1.54) is 4.90 Å². The first-order valence-corrected chi connectivity index (χ1v) is 14.2. The molecule has 0 bridgehead atoms. The van der Waals surface area contributed by atoms with E-state index in [-0.39, 0.29) is 24.3 Å². The van der Waals surface area contributed by atoms with E-state index in [0.29, 0.717) is 33.1 Å². The molecule has 1 aliphatic rings. The summed E-state index contributed by atoms with van der Waals surface area (Å²) < 4.78 is 13.6. The number of ether oxygens (including phenoxy) is 2. The number of carbonyl (C=O) groups is 2. The van der Waals surface area contributed by atoms with Gasteiger partial charge in [0.25, 0.3) is 11.1 Å². The number of hydrogen-bond acceptors (Lipinski definition) is 5. The Morgan fingerprint density at radius 1 is 1.06 bits per heavy atom. The van der Waals surface area contributed by atoms with Gasteiger partial charge in [0.1, 0.15) is 6.61 Å². The third kappa shape index (κ3) is 6.58. The molecule has 0 N–H and O–H groups in total. The van der Waals surface area contributed by atoms with Crippen molar-refractivity contribution in [2.45, 2.75) is 20.1 Å². The van der Waals surface area contributed by atoms with Crippen molar-refractivity contribution in [1.29, 1.82) is 0 Å². The molecule has 0 unspecified atom stereocenters. The lowest BCUT2D eigenvalue weighted by Crippen LogP contribution is -2.27. The molecule has 0 atom stereocenters. The Balaban J connectivity index is 1.55. The fraction of sp³-hybridized carbons (Fsp3) is 0.154. The molecule has 1 heterocycles. The lowest BCUT2D eigenvalue weighted by atomic mass is 10.1. The normalized spacial score (nSPS) is 14.6. The number of thioether (sulfide) groups is 1. The second-order valence-electron chi connectivity index (χ2n) is 7.68. The molecular formula is C26H19BrCl2INO4S. The first-order chi connectivity index (χ1) is 17.2. The van der Waals surface area contributed by atoms with Crippen LogP contribution in [0.1, 0.15) is 23.6 Å². The summed E-state index contributed by atoms with van der Waals surface area (Å²) >= 11 is 18.7. The lowest BCUT2D eigenvalue weighted by molar-refractivity contribution is -0.123. The number of benzene rings is 3. The molecule has 3 aromatic carbocycles. The SMILES string of the molecule is CCOc1cc(/C=C2\SC(=O)N(Cc3ccc(Br)cc3)C2=O)cc(I)c1OCc1ccc(Cl)cc1Cl. The third-order valence-electron chi connectivity index (χ3n) is 5.14. The van der Waals surface area contributed by atoms with E-state index in [1.54, 1.807) is 24.3 Å². The van der Waals surface area contributed by atoms with Crippen molar-refractivity contribution < 1.29 is 19.1 Å². The maximum Gasteiger partial charge on any atom is 0.293 e. The number of hydrogen-bond donors (Lipinski definition) is 0. The van der Waals surface area contributed by atoms with Crippen LogP contribution < -0.4 is 9.47 Å². The Hall–Kier alpha value is -1.72. The highest BCUT2D eigenvalue weighted by molar-refractivity contribution is 14.1. The van der Waals surface area contributed by atoms with Crippen LogP contribution in [0.5, 0.6) is 11.5 Å². The van der Waals surface area contributed by atoms with E-state index in [2.05, 4.69) is 38.5 Å². The number of amides is 2. The van der Waals surface area contributed by atoms with Gasteiger partial charge < -0.3 is 9.47 Å². The predicted molar refractivity (Wildman–Crippen MR) is 157 cm³/mol. The lowest BCUT2D eigenvalue weighted by Gasteiger charge is -2.15. The van der Waals surface area contributed by atoms with Gasteiger partial charge in [-0.3, -0.25) is 14.5 Å². The Morgan fingerprint density at radius 3 is 2.50 bits per heavy atom. The number of imide groups is 1. The minimum Gasteiger partial charge on any atom is -0.490 e. The third-order valence-corrected chi connectivity index (χ3v) is 7.97. The van der Waals surface area contributed by atoms with Gasteiger partial charge >= 0.3 is 0 Å². The zero-order chi connectivity index (χ0) is 25.8. The zero-order valence-electron chi connectivity index (χ0n) is 18.9. The van der Waals surface area contributed by atoms with Gasteiger partial charge in [-0.1, -0.05) is 57.3 Å². The Morgan fingerprint density at radius 2 is 1.81 bits per heavy atom. The standard InChI is InChI=1S/C26H19BrCl2INO4S/c1-2-34-22-10-16(9-21(30)24(22)35-14-17-5-8-19(28)12-20(17)29)11-23-25(32)31(26(33)36-23)13-15-3-6-18(27)7-4-15/h3-12H,2,13-14H2,1H3/b23-11-. The first-order valence-electron chi connectivity index (χ1n) is 10.8. The average Bonchev–Trinajstić information content (AvgIpc) is 3.08. The molecule has 0 aromatic heterocycles. The molecule has 1 fully saturated rings. The van der Waals surface area contributed by atoms with E-state index in [1.807, 2.05) is 43.3 Å². The molecule has 0 radical (unpaired) electrons. The summed E-state index contributed by atoms with van der Waals surface area (Å²) in [5.74, 6) is 0.789. The number of carbonyl (C=O) groups excluding carboxylic acids is 2. The highest BCUT2D eigenvalue weighted by Crippen LogP contribution is 2.38. The van der Waals surface area contributed by atoms with Crippen molar-refractivity contribution in [3.05, 3.63) is 94.3 Å². The molecule has 2 amide bonds. The van der Waals surface area contributed by atoms with Crippen molar-refractivity contribution >= 4 is 90.7 Å². The molecule has 1 aliphatic heterocycles. The van der Waals surface area contributed by atoms with E-state index in [0.717, 1.165) is 36.5 Å². The van der Waals surface area contributed by atoms with E-state index >= 15 is 0 Å². The van der Waals surface area contributed by atoms with E-state index < -0.39 is 0 Å². The maximum absolute atomic E-state index is 13.0. The van der Waals surface area contributed by atoms with Crippen LogP contribution in [-0.4, -0.2) is 22.7 Å². The van der Waals surface area contributed by atoms with Crippen molar-refractivity contribution in [3.63, 3.8) is 0 Å². The molecule has 0 spiro atoms. The van der Waals surface area contributed by atoms with Gasteiger partial charge in [0.05, 0.1) is 21.6 Å². The van der Waals surface area contributed by atoms with Gasteiger partial charge in [0.2, 0.25) is 0 Å². The molecule has 10 heteroatoms. The van der Waals surface area contributed by atoms with Crippen LogP contribution in [-0.2, 0) is 17.9 Å². The zero-order valence-corrected chi connectivity index (χ0v) is 25.0. The van der Waals surface area contributed by atoms with Gasteiger partial charge in [-0.15, -0.1) is 0 Å². The van der Waals surface area contributed by atoms with Crippen LogP contribution in [0.4, 0.5) is 4.79 Å². The fourth-order valence-corrected chi connectivity index (χ4v) is 5.77. The smallest absolute Gasteiger partial charge is 0.293 e. The van der Waals surface area contributed by atoms with Gasteiger partial charge in [-0.2, -0.15) is 0 Å². The van der Waals surface area contributed by atoms with Gasteiger partial charge in [-0.05, 0) is 94.9 Å². The highest BCUT2D eigenvalue weighted by Gasteiger charge is 2.35. The largest absolute Gasteiger partial charge is 0.490 e. The Kier molecular flexibility index (Phi) is 9.27. The second-order valence-corrected chi connectivity index (χ2v) is 11.6. The minimum atomic E-state index is -0.321. The van der Waals surface area contributed by atoms with Crippen molar-refractivity contribution in [1.82, 2.24) is 4.90 Å². The number of rotatable bonds is 8. The van der Waals surface area contributed by atoms with Crippen LogP contribution in [0.2, 0.25) is 10.0 Å². The highest BCUT2D eigenvalue weighted by atomic mass is 127. The van der Waals surface area contributed by atoms with Crippen molar-refractivity contribution in [3.8, 4) is 11.5 Å². The van der Waals surface area contributed by atoms with Crippen LogP contribution >= 0.6 is 73.5 Å². The molecule has 0 aliphatic carbocycles. The summed E-state index contributed by atoms with van der Waals surface area (Å²) in [5.41, 5.74) is 2.40. The quantitative estimate of drug-likeness (QED) is 0.173. The second kappa shape index (κ2) is 12.2. The fourth-order valence-electron chi connectivity index (χ4n) is 3.42. The Bertz CT molecular complexity index is 1350. The van der Waals surface area contributed by atoms with Crippen molar-refractivity contribution in [2.75, 3.05) is 6.61 Å². The van der Waals surface area contributed by atoms with Crippen LogP contribution in [0.3, 0.4) is 0 Å². The first kappa shape index (κ1) is 27.3. The van der Waals surface area contributed by atoms with E-state index in [9.17, 15) is 9.59 Å². The van der Waals surface area contributed by atoms with Gasteiger partial charge in [0, 0.05) is 20.1 Å². The number of halogens is 4. The topological polar surface area (TPSA) is 55.8 Å². The molecule has 36 heavy (non-hydrogen) atoms. The van der Waals surface area contributed by atoms with E-state index in [4.69, 9.17) is 32.7 Å². The summed E-state index contributed by atoms with van der Waals surface area (Å²) in [4.78, 5) is 27.2. The maximum atomic E-state index is 13.0. The van der Waals surface area contributed by atoms with Gasteiger partial charge in [-0.25, -0.2) is 0 Å². The van der Waals surface area contributed by atoms with Crippen LogP contribution in [0.25, 0.3) is 6.08 Å². The molecule has 3 aromatic rings. The average molecular weight is 719 g/mol. The monoisotopic (exact) mass is 717 g/mol. The molecule has 5 nitrogen and oxygen atoms in total. The number of nitrogens with zero attached hydrogens (tertiary/aromatic N) is 1. The molecule has 0 saturated carbocycles. The summed E-state index contributed by atoms with van der Waals surface area (Å²) in [6.45, 7) is 2.77. The summed E-state index contributed by atoms with van der Waals surface area (Å²) in [5, 5.41) is 0.776. The summed E-state index contributed by atoms with van der Waals surface area (Å²) in [6, 6.07) is 16.4. The summed E-state index contributed by atoms with van der Waals surface area (Å²) in [6.07, 6.45) is 1.71. The molecular weight excluding hydrogens is 700 g/mol. The summed E-state index contributed by atoms with van der Waals surface area (Å²) in [7, 11) is 0. The Labute approximate surface area is 245 Å². The van der Waals surface area contributed by atoms with Gasteiger partial charge in [0.15, 0.2) is 11.5 Å². The van der Waals surface area contributed by atoms with Crippen molar-refractivity contribution in [2.24, 2.45) is 0 Å². The predicted octanol–water partition coefficient (Wildman–Crippen LogP) is 8.57.